The lowest BCUT2D eigenvalue weighted by atomic mass is 10.00. The van der Waals surface area contributed by atoms with Gasteiger partial charge in [-0.3, -0.25) is 0 Å². The number of thiazole rings is 1. The van der Waals surface area contributed by atoms with Gasteiger partial charge in [0.2, 0.25) is 5.69 Å². The van der Waals surface area contributed by atoms with E-state index in [0.29, 0.717) is 51.5 Å². The summed E-state index contributed by atoms with van der Waals surface area (Å²) in [6.45, 7) is 8.54. The van der Waals surface area contributed by atoms with Crippen molar-refractivity contribution in [2.45, 2.75) is 10.8 Å². The van der Waals surface area contributed by atoms with Gasteiger partial charge in [0.1, 0.15) is 29.3 Å². The van der Waals surface area contributed by atoms with Crippen LogP contribution in [0.5, 0.6) is 5.75 Å². The van der Waals surface area contributed by atoms with E-state index in [1.807, 2.05) is 17.5 Å². The zero-order chi connectivity index (χ0) is 26.2. The second-order valence-electron chi connectivity index (χ2n) is 7.55. The molecule has 2 heterocycles. The monoisotopic (exact) mass is 548 g/mol. The number of hydrogen-bond donors (Lipinski definition) is 2. The predicted molar refractivity (Wildman–Crippen MR) is 149 cm³/mol. The number of anilines is 3. The van der Waals surface area contributed by atoms with Gasteiger partial charge in [-0.15, -0.1) is 11.3 Å². The van der Waals surface area contributed by atoms with Crippen LogP contribution in [0.3, 0.4) is 0 Å². The van der Waals surface area contributed by atoms with Crippen molar-refractivity contribution in [1.82, 2.24) is 9.97 Å². The van der Waals surface area contributed by atoms with Crippen molar-refractivity contribution < 1.29 is 9.47 Å². The van der Waals surface area contributed by atoms with Gasteiger partial charge >= 0.3 is 0 Å². The summed E-state index contributed by atoms with van der Waals surface area (Å²) >= 11 is 8.77. The van der Waals surface area contributed by atoms with Crippen LogP contribution in [0.25, 0.3) is 16.0 Å². The molecule has 0 bridgehead atoms. The SMILES string of the molecule is [C-]#[N+]c1c(N)nc(SCc2csc(Nc3ccc(Cl)cc3)n2)c(C#N)c1-c1ccc(OCCOC)cc1. The molecular weight excluding hydrogens is 528 g/mol. The Kier molecular flexibility index (Phi) is 8.83. The molecule has 0 atom stereocenters. The molecule has 0 saturated heterocycles. The van der Waals surface area contributed by atoms with E-state index in [0.717, 1.165) is 16.5 Å². The molecule has 186 valence electrons. The number of nitrogens with two attached hydrogens (primary N) is 1. The second-order valence-corrected chi connectivity index (χ2v) is 9.81. The Morgan fingerprint density at radius 1 is 1.16 bits per heavy atom. The molecule has 0 aliphatic carbocycles. The first-order chi connectivity index (χ1) is 18.0. The van der Waals surface area contributed by atoms with Crippen molar-refractivity contribution >= 4 is 57.0 Å². The maximum atomic E-state index is 10.0. The maximum absolute atomic E-state index is 10.0. The lowest BCUT2D eigenvalue weighted by molar-refractivity contribution is 0.146. The maximum Gasteiger partial charge on any atom is 0.236 e. The van der Waals surface area contributed by atoms with E-state index in [2.05, 4.69) is 26.2 Å². The molecular formula is C26H21ClN6O2S2. The van der Waals surface area contributed by atoms with E-state index >= 15 is 0 Å². The average molecular weight is 549 g/mol. The number of nitrogens with one attached hydrogen (secondary N) is 1. The van der Waals surface area contributed by atoms with E-state index in [-0.39, 0.29) is 11.5 Å². The highest BCUT2D eigenvalue weighted by Crippen LogP contribution is 2.42. The number of nitriles is 1. The first kappa shape index (κ1) is 26.3. The number of benzene rings is 2. The molecule has 37 heavy (non-hydrogen) atoms. The Balaban J connectivity index is 1.55. The van der Waals surface area contributed by atoms with Crippen LogP contribution < -0.4 is 15.8 Å². The Morgan fingerprint density at radius 2 is 1.92 bits per heavy atom. The minimum Gasteiger partial charge on any atom is -0.491 e. The third kappa shape index (κ3) is 6.50. The molecule has 0 spiro atoms. The van der Waals surface area contributed by atoms with E-state index in [9.17, 15) is 5.26 Å². The molecule has 0 fully saturated rings. The molecule has 8 nitrogen and oxygen atoms in total. The molecule has 0 aliphatic heterocycles. The summed E-state index contributed by atoms with van der Waals surface area (Å²) in [4.78, 5) is 12.6. The third-order valence-corrected chi connectivity index (χ3v) is 7.16. The molecule has 4 aromatic rings. The molecule has 0 saturated carbocycles. The number of hydrogen-bond acceptors (Lipinski definition) is 9. The number of aromatic nitrogens is 2. The molecule has 11 heteroatoms. The molecule has 0 amide bonds. The summed E-state index contributed by atoms with van der Waals surface area (Å²) in [5.41, 5.74) is 9.45. The minimum absolute atomic E-state index is 0.0790. The number of ether oxygens (including phenoxy) is 2. The van der Waals surface area contributed by atoms with Gasteiger partial charge in [0, 0.05) is 34.5 Å². The summed E-state index contributed by atoms with van der Waals surface area (Å²) < 4.78 is 10.6. The number of nitrogens with zero attached hydrogens (tertiary/aromatic N) is 4. The number of thioether (sulfide) groups is 1. The van der Waals surface area contributed by atoms with Crippen molar-refractivity contribution in [3.8, 4) is 22.9 Å². The zero-order valence-corrected chi connectivity index (χ0v) is 22.1. The van der Waals surface area contributed by atoms with Crippen LogP contribution in [0.15, 0.2) is 58.9 Å². The number of pyridine rings is 1. The van der Waals surface area contributed by atoms with Gasteiger partial charge in [-0.05, 0) is 42.0 Å². The van der Waals surface area contributed by atoms with Crippen LogP contribution in [-0.4, -0.2) is 30.3 Å². The summed E-state index contributed by atoms with van der Waals surface area (Å²) in [6, 6.07) is 16.8. The van der Waals surface area contributed by atoms with Gasteiger partial charge in [0.15, 0.2) is 5.13 Å². The zero-order valence-electron chi connectivity index (χ0n) is 19.7. The minimum atomic E-state index is 0.0790. The normalized spacial score (nSPS) is 10.5. The highest BCUT2D eigenvalue weighted by atomic mass is 35.5. The van der Waals surface area contributed by atoms with Crippen molar-refractivity contribution in [3.05, 3.63) is 81.6 Å². The van der Waals surface area contributed by atoms with E-state index < -0.39 is 0 Å². The van der Waals surface area contributed by atoms with Gasteiger partial charge < -0.3 is 20.5 Å². The second kappa shape index (κ2) is 12.4. The van der Waals surface area contributed by atoms with Crippen LogP contribution in [0.1, 0.15) is 11.3 Å². The van der Waals surface area contributed by atoms with Crippen molar-refractivity contribution in [2.24, 2.45) is 0 Å². The molecule has 0 aliphatic rings. The number of nitrogen functional groups attached to an aromatic ring is 1. The first-order valence-electron chi connectivity index (χ1n) is 11.0. The lowest BCUT2D eigenvalue weighted by Crippen LogP contribution is -2.04. The van der Waals surface area contributed by atoms with Gasteiger partial charge in [-0.25, -0.2) is 14.8 Å². The lowest BCUT2D eigenvalue weighted by Gasteiger charge is -2.13. The summed E-state index contributed by atoms with van der Waals surface area (Å²) in [7, 11) is 1.61. The molecule has 3 N–H and O–H groups in total. The van der Waals surface area contributed by atoms with E-state index in [1.54, 1.807) is 43.5 Å². The molecule has 2 aromatic carbocycles. The van der Waals surface area contributed by atoms with E-state index in [4.69, 9.17) is 33.4 Å². The number of methoxy groups -OCH3 is 1. The predicted octanol–water partition coefficient (Wildman–Crippen LogP) is 6.92. The molecule has 4 rings (SSSR count). The van der Waals surface area contributed by atoms with Crippen LogP contribution in [0.2, 0.25) is 5.02 Å². The summed E-state index contributed by atoms with van der Waals surface area (Å²) in [6.07, 6.45) is 0. The van der Waals surface area contributed by atoms with Crippen LogP contribution in [-0.2, 0) is 10.5 Å². The van der Waals surface area contributed by atoms with Crippen molar-refractivity contribution in [2.75, 3.05) is 31.4 Å². The Morgan fingerprint density at radius 3 is 2.59 bits per heavy atom. The largest absolute Gasteiger partial charge is 0.491 e. The molecule has 0 unspecified atom stereocenters. The Hall–Kier alpha value is -3.80. The third-order valence-electron chi connectivity index (χ3n) is 5.09. The van der Waals surface area contributed by atoms with Crippen LogP contribution >= 0.6 is 34.7 Å². The Bertz CT molecular complexity index is 1460. The number of rotatable bonds is 10. The van der Waals surface area contributed by atoms with Gasteiger partial charge in [0.25, 0.3) is 0 Å². The number of halogens is 1. The van der Waals surface area contributed by atoms with Crippen molar-refractivity contribution in [1.29, 1.82) is 5.26 Å². The molecule has 2 aromatic heterocycles. The standard InChI is InChI=1S/C26H21ClN6O2S2/c1-30-23-22(16-3-9-20(10-4-16)35-12-11-34-2)21(13-28)25(33-24(23)29)36-14-19-15-37-26(32-19)31-18-7-5-17(27)6-8-18/h3-10,15H,11-12,14H2,2H3,(H2,29,33)(H,31,32). The fraction of sp³-hybridized carbons (Fsp3) is 0.154. The van der Waals surface area contributed by atoms with Gasteiger partial charge in [-0.2, -0.15) is 5.26 Å². The topological polar surface area (TPSA) is 110 Å². The first-order valence-corrected chi connectivity index (χ1v) is 13.2. The van der Waals surface area contributed by atoms with Crippen LogP contribution in [0.4, 0.5) is 22.3 Å². The van der Waals surface area contributed by atoms with Gasteiger partial charge in [-0.1, -0.05) is 35.5 Å². The quantitative estimate of drug-likeness (QED) is 0.125. The van der Waals surface area contributed by atoms with Crippen LogP contribution in [0, 0.1) is 17.9 Å². The summed E-state index contributed by atoms with van der Waals surface area (Å²) in [5, 5.41) is 17.1. The summed E-state index contributed by atoms with van der Waals surface area (Å²) in [5.74, 6) is 1.21. The highest BCUT2D eigenvalue weighted by molar-refractivity contribution is 7.98. The van der Waals surface area contributed by atoms with Gasteiger partial charge in [0.05, 0.1) is 24.4 Å². The fourth-order valence-electron chi connectivity index (χ4n) is 3.36. The highest BCUT2D eigenvalue weighted by Gasteiger charge is 2.21. The van der Waals surface area contributed by atoms with Crippen molar-refractivity contribution in [3.63, 3.8) is 0 Å². The molecule has 0 radical (unpaired) electrons. The fourth-order valence-corrected chi connectivity index (χ4v) is 5.21. The smallest absolute Gasteiger partial charge is 0.236 e. The Labute approximate surface area is 227 Å². The van der Waals surface area contributed by atoms with E-state index in [1.165, 1.54) is 23.1 Å². The average Bonchev–Trinajstić information content (AvgIpc) is 3.36.